The van der Waals surface area contributed by atoms with Crippen molar-refractivity contribution in [3.63, 3.8) is 0 Å². The molecule has 0 bridgehead atoms. The summed E-state index contributed by atoms with van der Waals surface area (Å²) in [5.74, 6) is -2.02. The number of halogens is 1. The van der Waals surface area contributed by atoms with Crippen LogP contribution in [0.4, 0.5) is 0 Å². The second kappa shape index (κ2) is 8.76. The third kappa shape index (κ3) is 4.04. The van der Waals surface area contributed by atoms with Gasteiger partial charge in [0.1, 0.15) is 5.69 Å². The molecule has 2 heterocycles. The fourth-order valence-electron chi connectivity index (χ4n) is 3.65. The van der Waals surface area contributed by atoms with Gasteiger partial charge in [0, 0.05) is 28.4 Å². The van der Waals surface area contributed by atoms with E-state index in [9.17, 15) is 19.2 Å². The number of esters is 1. The minimum absolute atomic E-state index is 0.0192. The highest BCUT2D eigenvalue weighted by Gasteiger charge is 2.25. The number of aromatic carboxylic acids is 1. The van der Waals surface area contributed by atoms with E-state index in [2.05, 4.69) is 0 Å². The van der Waals surface area contributed by atoms with E-state index in [1.807, 2.05) is 6.07 Å². The number of carbonyl (C=O) groups is 2. The van der Waals surface area contributed by atoms with E-state index >= 15 is 0 Å². The second-order valence-corrected chi connectivity index (χ2v) is 7.60. The Morgan fingerprint density at radius 3 is 2.39 bits per heavy atom. The van der Waals surface area contributed by atoms with E-state index in [0.29, 0.717) is 21.6 Å². The number of pyridine rings is 2. The largest absolute Gasteiger partial charge is 0.478 e. The van der Waals surface area contributed by atoms with Gasteiger partial charge in [-0.2, -0.15) is 0 Å². The highest BCUT2D eigenvalue weighted by atomic mass is 35.5. The van der Waals surface area contributed by atoms with Crippen molar-refractivity contribution < 1.29 is 19.4 Å². The Balaban J connectivity index is 2.08. The molecule has 8 nitrogen and oxygen atoms in total. The number of aromatic nitrogens is 2. The minimum Gasteiger partial charge on any atom is -0.478 e. The number of rotatable bonds is 5. The summed E-state index contributed by atoms with van der Waals surface area (Å²) >= 11 is 6.20. The van der Waals surface area contributed by atoms with Gasteiger partial charge in [0.15, 0.2) is 5.43 Å². The van der Waals surface area contributed by atoms with Crippen LogP contribution in [0.25, 0.3) is 16.6 Å². The van der Waals surface area contributed by atoms with E-state index in [1.54, 1.807) is 47.0 Å². The molecule has 0 aliphatic heterocycles. The zero-order valence-electron chi connectivity index (χ0n) is 17.3. The number of benzene rings is 2. The van der Waals surface area contributed by atoms with Crippen LogP contribution >= 0.6 is 11.6 Å². The number of nitrogens with zero attached hydrogens (tertiary/aromatic N) is 2. The summed E-state index contributed by atoms with van der Waals surface area (Å²) < 4.78 is 7.72. The third-order valence-corrected chi connectivity index (χ3v) is 5.43. The molecule has 0 saturated carbocycles. The Bertz CT molecular complexity index is 1520. The van der Waals surface area contributed by atoms with Crippen LogP contribution in [-0.2, 0) is 11.3 Å². The minimum atomic E-state index is -1.25. The molecule has 0 aliphatic carbocycles. The van der Waals surface area contributed by atoms with Crippen LogP contribution in [-0.4, -0.2) is 33.3 Å². The number of carboxylic acids is 1. The molecule has 1 N–H and O–H groups in total. The van der Waals surface area contributed by atoms with Gasteiger partial charge in [-0.05, 0) is 36.4 Å². The Hall–Kier alpha value is -4.17. The molecule has 0 amide bonds. The summed E-state index contributed by atoms with van der Waals surface area (Å²) in [5.41, 5.74) is -0.338. The number of carbonyl (C=O) groups excluding carboxylic acids is 1. The van der Waals surface area contributed by atoms with Crippen molar-refractivity contribution in [3.8, 4) is 5.69 Å². The van der Waals surface area contributed by atoms with Crippen molar-refractivity contribution in [2.75, 3.05) is 7.11 Å². The first kappa shape index (κ1) is 22.0. The van der Waals surface area contributed by atoms with Gasteiger partial charge in [0.25, 0.3) is 5.56 Å². The highest BCUT2D eigenvalue weighted by Crippen LogP contribution is 2.25. The maximum Gasteiger partial charge on any atom is 0.355 e. The SMILES string of the molecule is COC(=O)c1c(Cn2ccc(C(=O)O)cc2=O)c(=O)c2ccc(Cl)cc2n1-c1ccccc1. The number of carboxylic acid groups (broad SMARTS) is 1. The number of hydrogen-bond acceptors (Lipinski definition) is 5. The van der Waals surface area contributed by atoms with E-state index in [1.165, 1.54) is 19.4 Å². The quantitative estimate of drug-likeness (QED) is 0.454. The number of ether oxygens (including phenoxy) is 1. The lowest BCUT2D eigenvalue weighted by Crippen LogP contribution is -2.29. The van der Waals surface area contributed by atoms with Crippen molar-refractivity contribution in [1.82, 2.24) is 9.13 Å². The van der Waals surface area contributed by atoms with Crippen LogP contribution in [0.3, 0.4) is 0 Å². The van der Waals surface area contributed by atoms with Crippen LogP contribution in [0.2, 0.25) is 5.02 Å². The molecule has 9 heteroatoms. The standard InChI is InChI=1S/C24H17ClN2O6/c1-33-24(32)21-18(13-26-10-9-14(23(30)31)11-20(26)28)22(29)17-8-7-15(25)12-19(17)27(21)16-5-3-2-4-6-16/h2-12H,13H2,1H3,(H,30,31). The van der Waals surface area contributed by atoms with E-state index < -0.39 is 22.9 Å². The molecule has 0 fully saturated rings. The molecular weight excluding hydrogens is 448 g/mol. The average molecular weight is 465 g/mol. The van der Waals surface area contributed by atoms with Gasteiger partial charge in [-0.1, -0.05) is 29.8 Å². The predicted octanol–water partition coefficient (Wildman–Crippen LogP) is 3.34. The van der Waals surface area contributed by atoms with Crippen LogP contribution in [0.1, 0.15) is 26.4 Å². The van der Waals surface area contributed by atoms with Gasteiger partial charge >= 0.3 is 11.9 Å². The summed E-state index contributed by atoms with van der Waals surface area (Å²) in [6.45, 7) is -0.270. The molecule has 4 aromatic rings. The van der Waals surface area contributed by atoms with Gasteiger partial charge in [-0.15, -0.1) is 0 Å². The van der Waals surface area contributed by atoms with Gasteiger partial charge in [0.2, 0.25) is 0 Å². The zero-order chi connectivity index (χ0) is 23.7. The molecule has 0 saturated heterocycles. The summed E-state index contributed by atoms with van der Waals surface area (Å²) in [6.07, 6.45) is 1.27. The van der Waals surface area contributed by atoms with Crippen LogP contribution in [0, 0.1) is 0 Å². The van der Waals surface area contributed by atoms with Gasteiger partial charge < -0.3 is 19.0 Å². The maximum absolute atomic E-state index is 13.5. The van der Waals surface area contributed by atoms with Crippen molar-refractivity contribution >= 4 is 34.4 Å². The van der Waals surface area contributed by atoms with Gasteiger partial charge in [-0.25, -0.2) is 9.59 Å². The van der Waals surface area contributed by atoms with Crippen LogP contribution in [0.15, 0.2) is 76.4 Å². The first-order chi connectivity index (χ1) is 15.8. The lowest BCUT2D eigenvalue weighted by molar-refractivity contribution is 0.0589. The monoisotopic (exact) mass is 464 g/mol. The normalized spacial score (nSPS) is 10.8. The molecule has 0 unspecified atom stereocenters. The molecule has 2 aromatic carbocycles. The number of fused-ring (bicyclic) bond motifs is 1. The molecule has 166 valence electrons. The van der Waals surface area contributed by atoms with E-state index in [0.717, 1.165) is 10.6 Å². The lowest BCUT2D eigenvalue weighted by Gasteiger charge is -2.20. The third-order valence-electron chi connectivity index (χ3n) is 5.19. The number of para-hydroxylation sites is 1. The highest BCUT2D eigenvalue weighted by molar-refractivity contribution is 6.31. The van der Waals surface area contributed by atoms with E-state index in [-0.39, 0.29) is 23.4 Å². The van der Waals surface area contributed by atoms with E-state index in [4.69, 9.17) is 21.4 Å². The van der Waals surface area contributed by atoms with Crippen molar-refractivity contribution in [2.24, 2.45) is 0 Å². The molecule has 0 atom stereocenters. The topological polar surface area (TPSA) is 108 Å². The average Bonchev–Trinajstić information content (AvgIpc) is 2.81. The van der Waals surface area contributed by atoms with Crippen LogP contribution < -0.4 is 11.0 Å². The molecular formula is C24H17ClN2O6. The Morgan fingerprint density at radius 1 is 1.03 bits per heavy atom. The van der Waals surface area contributed by atoms with Crippen LogP contribution in [0.5, 0.6) is 0 Å². The fourth-order valence-corrected chi connectivity index (χ4v) is 3.82. The Labute approximate surface area is 191 Å². The fraction of sp³-hybridized carbons (Fsp3) is 0.0833. The van der Waals surface area contributed by atoms with Crippen molar-refractivity contribution in [2.45, 2.75) is 6.54 Å². The summed E-state index contributed by atoms with van der Waals surface area (Å²) in [4.78, 5) is 50.1. The zero-order valence-corrected chi connectivity index (χ0v) is 18.1. The molecule has 2 aromatic heterocycles. The lowest BCUT2D eigenvalue weighted by atomic mass is 10.1. The number of hydrogen-bond donors (Lipinski definition) is 1. The van der Waals surface area contributed by atoms with Crippen molar-refractivity contribution in [3.05, 3.63) is 109 Å². The molecule has 0 radical (unpaired) electrons. The second-order valence-electron chi connectivity index (χ2n) is 7.17. The molecule has 33 heavy (non-hydrogen) atoms. The smallest absolute Gasteiger partial charge is 0.355 e. The Kier molecular flexibility index (Phi) is 5.85. The molecule has 0 aliphatic rings. The maximum atomic E-state index is 13.5. The first-order valence-electron chi connectivity index (χ1n) is 9.76. The summed E-state index contributed by atoms with van der Waals surface area (Å²) in [6, 6.07) is 15.8. The summed E-state index contributed by atoms with van der Waals surface area (Å²) in [7, 11) is 1.20. The van der Waals surface area contributed by atoms with Gasteiger partial charge in [0.05, 0.1) is 30.3 Å². The first-order valence-corrected chi connectivity index (χ1v) is 10.1. The molecule has 0 spiro atoms. The van der Waals surface area contributed by atoms with Gasteiger partial charge in [-0.3, -0.25) is 9.59 Å². The summed E-state index contributed by atoms with van der Waals surface area (Å²) in [5, 5.41) is 9.78. The number of methoxy groups -OCH3 is 1. The Morgan fingerprint density at radius 2 is 1.76 bits per heavy atom. The predicted molar refractivity (Wildman–Crippen MR) is 123 cm³/mol. The van der Waals surface area contributed by atoms with Crippen molar-refractivity contribution in [1.29, 1.82) is 0 Å². The molecule has 4 rings (SSSR count).